The molecule has 29 heavy (non-hydrogen) atoms. The Balaban J connectivity index is 2.13. The molecular weight excluding hydrogens is 440 g/mol. The van der Waals surface area contributed by atoms with Crippen molar-refractivity contribution in [1.82, 2.24) is 10.2 Å². The van der Waals surface area contributed by atoms with Crippen LogP contribution in [0.5, 0.6) is 5.75 Å². The van der Waals surface area contributed by atoms with Crippen molar-refractivity contribution >= 4 is 55.8 Å². The van der Waals surface area contributed by atoms with Crippen LogP contribution in [0, 0.1) is 0 Å². The molecule has 0 fully saturated rings. The van der Waals surface area contributed by atoms with Crippen LogP contribution in [0.1, 0.15) is 6.92 Å². The molecule has 0 radical (unpaired) electrons. The van der Waals surface area contributed by atoms with Crippen LogP contribution in [0.25, 0.3) is 0 Å². The maximum absolute atomic E-state index is 12.6. The van der Waals surface area contributed by atoms with Gasteiger partial charge in [0, 0.05) is 0 Å². The van der Waals surface area contributed by atoms with E-state index in [-0.39, 0.29) is 10.9 Å². The number of nitrogens with one attached hydrogen (secondary N) is 1. The number of benzene rings is 1. The van der Waals surface area contributed by atoms with E-state index in [0.717, 1.165) is 33.7 Å². The third kappa shape index (κ3) is 6.30. The Kier molecular flexibility index (Phi) is 7.81. The monoisotopic (exact) mass is 460 g/mol. The van der Waals surface area contributed by atoms with Crippen LogP contribution in [0.3, 0.4) is 0 Å². The van der Waals surface area contributed by atoms with Gasteiger partial charge in [-0.15, -0.1) is 10.2 Å². The zero-order valence-corrected chi connectivity index (χ0v) is 18.6. The lowest BCUT2D eigenvalue weighted by atomic mass is 10.2. The number of carbonyl (C=O) groups is 2. The highest BCUT2D eigenvalue weighted by Crippen LogP contribution is 2.27. The molecule has 1 heterocycles. The summed E-state index contributed by atoms with van der Waals surface area (Å²) in [6.45, 7) is 1.47. The molecular formula is C16H20N4O6S3. The number of methoxy groups -OCH3 is 2. The number of nitrogens with zero attached hydrogens (tertiary/aromatic N) is 3. The van der Waals surface area contributed by atoms with Crippen LogP contribution < -0.4 is 14.4 Å². The summed E-state index contributed by atoms with van der Waals surface area (Å²) in [6, 6.07) is 5.27. The Morgan fingerprint density at radius 3 is 2.45 bits per heavy atom. The second-order valence-electron chi connectivity index (χ2n) is 5.66. The quantitative estimate of drug-likeness (QED) is 0.337. The zero-order valence-electron chi connectivity index (χ0n) is 16.1. The molecule has 0 aliphatic carbocycles. The van der Waals surface area contributed by atoms with Gasteiger partial charge in [0.1, 0.15) is 11.8 Å². The molecule has 0 spiro atoms. The average Bonchev–Trinajstić information content (AvgIpc) is 3.12. The molecule has 0 bridgehead atoms. The number of rotatable bonds is 9. The van der Waals surface area contributed by atoms with Gasteiger partial charge in [-0.3, -0.25) is 19.2 Å². The molecule has 10 nitrogen and oxygen atoms in total. The zero-order chi connectivity index (χ0) is 21.6. The van der Waals surface area contributed by atoms with Crippen LogP contribution in [-0.4, -0.2) is 62.8 Å². The van der Waals surface area contributed by atoms with E-state index < -0.39 is 27.9 Å². The lowest BCUT2D eigenvalue weighted by Crippen LogP contribution is -2.45. The number of esters is 1. The summed E-state index contributed by atoms with van der Waals surface area (Å²) in [5, 5.41) is 10.5. The van der Waals surface area contributed by atoms with Gasteiger partial charge in [0.2, 0.25) is 21.1 Å². The fraction of sp³-hybridized carbons (Fsp3) is 0.375. The molecule has 1 unspecified atom stereocenters. The normalized spacial score (nSPS) is 12.1. The van der Waals surface area contributed by atoms with Gasteiger partial charge < -0.3 is 9.47 Å². The number of amides is 1. The fourth-order valence-electron chi connectivity index (χ4n) is 2.25. The van der Waals surface area contributed by atoms with E-state index in [4.69, 9.17) is 4.74 Å². The van der Waals surface area contributed by atoms with Crippen molar-refractivity contribution in [3.05, 3.63) is 24.3 Å². The SMILES string of the molecule is COC(=O)CSc1nnc(NC(=O)C(C)N(c2ccc(OC)cc2)S(C)(=O)=O)s1. The topological polar surface area (TPSA) is 128 Å². The molecule has 0 saturated carbocycles. The first-order chi connectivity index (χ1) is 13.7. The molecule has 2 rings (SSSR count). The third-order valence-corrected chi connectivity index (χ3v) is 6.78. The molecule has 1 atom stereocenters. The van der Waals surface area contributed by atoms with Gasteiger partial charge >= 0.3 is 5.97 Å². The first-order valence-corrected chi connectivity index (χ1v) is 11.8. The lowest BCUT2D eigenvalue weighted by Gasteiger charge is -2.27. The Bertz CT molecular complexity index is 961. The van der Waals surface area contributed by atoms with Crippen LogP contribution in [0.15, 0.2) is 28.6 Å². The second-order valence-corrected chi connectivity index (χ2v) is 9.72. The van der Waals surface area contributed by atoms with Gasteiger partial charge in [0.25, 0.3) is 0 Å². The van der Waals surface area contributed by atoms with Gasteiger partial charge in [-0.2, -0.15) is 0 Å². The fourth-order valence-corrected chi connectivity index (χ4v) is 5.01. The Hall–Kier alpha value is -2.38. The predicted molar refractivity (Wildman–Crippen MR) is 111 cm³/mol. The highest BCUT2D eigenvalue weighted by atomic mass is 32.2. The van der Waals surface area contributed by atoms with Crippen molar-refractivity contribution in [3.8, 4) is 5.75 Å². The minimum atomic E-state index is -3.75. The van der Waals surface area contributed by atoms with Crippen molar-refractivity contribution < 1.29 is 27.5 Å². The molecule has 1 aromatic heterocycles. The van der Waals surface area contributed by atoms with Gasteiger partial charge in [0.15, 0.2) is 4.34 Å². The number of hydrogen-bond donors (Lipinski definition) is 1. The molecule has 158 valence electrons. The smallest absolute Gasteiger partial charge is 0.316 e. The predicted octanol–water partition coefficient (Wildman–Crippen LogP) is 1.60. The minimum Gasteiger partial charge on any atom is -0.497 e. The highest BCUT2D eigenvalue weighted by molar-refractivity contribution is 8.01. The molecule has 0 saturated heterocycles. The van der Waals surface area contributed by atoms with Crippen molar-refractivity contribution in [3.63, 3.8) is 0 Å². The standard InChI is InChI=1S/C16H20N4O6S3/c1-10(20(29(4,23)24)11-5-7-12(25-2)8-6-11)14(22)17-15-18-19-16(28-15)27-9-13(21)26-3/h5-8,10H,9H2,1-4H3,(H,17,18,22). The van der Waals surface area contributed by atoms with Crippen molar-refractivity contribution in [2.75, 3.05) is 35.9 Å². The second kappa shape index (κ2) is 9.89. The summed E-state index contributed by atoms with van der Waals surface area (Å²) in [4.78, 5) is 23.8. The van der Waals surface area contributed by atoms with Crippen molar-refractivity contribution in [2.45, 2.75) is 17.3 Å². The van der Waals surface area contributed by atoms with E-state index in [1.807, 2.05) is 0 Å². The summed E-state index contributed by atoms with van der Waals surface area (Å²) in [7, 11) is -0.963. The number of anilines is 2. The van der Waals surface area contributed by atoms with E-state index in [9.17, 15) is 18.0 Å². The number of thioether (sulfide) groups is 1. The number of carbonyl (C=O) groups excluding carboxylic acids is 2. The largest absolute Gasteiger partial charge is 0.497 e. The summed E-state index contributed by atoms with van der Waals surface area (Å²) in [5.41, 5.74) is 0.322. The van der Waals surface area contributed by atoms with E-state index >= 15 is 0 Å². The van der Waals surface area contributed by atoms with Crippen LogP contribution in [-0.2, 0) is 24.3 Å². The molecule has 2 aromatic rings. The van der Waals surface area contributed by atoms with Crippen LogP contribution in [0.2, 0.25) is 0 Å². The van der Waals surface area contributed by atoms with Gasteiger partial charge in [0.05, 0.1) is 31.9 Å². The van der Waals surface area contributed by atoms with Gasteiger partial charge in [-0.1, -0.05) is 23.1 Å². The summed E-state index contributed by atoms with van der Waals surface area (Å²) < 4.78 is 35.7. The lowest BCUT2D eigenvalue weighted by molar-refractivity contribution is -0.137. The average molecular weight is 461 g/mol. The Morgan fingerprint density at radius 2 is 1.90 bits per heavy atom. The van der Waals surface area contributed by atoms with Gasteiger partial charge in [-0.25, -0.2) is 8.42 Å². The summed E-state index contributed by atoms with van der Waals surface area (Å²) >= 11 is 2.19. The molecule has 1 aromatic carbocycles. The highest BCUT2D eigenvalue weighted by Gasteiger charge is 2.29. The Labute approximate surface area is 176 Å². The number of aromatic nitrogens is 2. The maximum Gasteiger partial charge on any atom is 0.316 e. The maximum atomic E-state index is 12.6. The number of hydrogen-bond acceptors (Lipinski definition) is 10. The van der Waals surface area contributed by atoms with E-state index in [0.29, 0.717) is 15.8 Å². The van der Waals surface area contributed by atoms with Gasteiger partial charge in [-0.05, 0) is 31.2 Å². The molecule has 1 N–H and O–H groups in total. The van der Waals surface area contributed by atoms with E-state index in [1.165, 1.54) is 21.1 Å². The number of sulfonamides is 1. The van der Waals surface area contributed by atoms with E-state index in [1.54, 1.807) is 24.3 Å². The first kappa shape index (κ1) is 22.9. The molecule has 0 aliphatic heterocycles. The van der Waals surface area contributed by atoms with Crippen molar-refractivity contribution in [2.24, 2.45) is 0 Å². The van der Waals surface area contributed by atoms with Crippen LogP contribution in [0.4, 0.5) is 10.8 Å². The number of ether oxygens (including phenoxy) is 2. The van der Waals surface area contributed by atoms with Crippen molar-refractivity contribution in [1.29, 1.82) is 0 Å². The van der Waals surface area contributed by atoms with Crippen LogP contribution >= 0.6 is 23.1 Å². The first-order valence-electron chi connectivity index (χ1n) is 8.13. The third-order valence-electron chi connectivity index (χ3n) is 3.59. The summed E-state index contributed by atoms with van der Waals surface area (Å²) in [5.74, 6) is -0.362. The minimum absolute atomic E-state index is 0.0643. The molecule has 1 amide bonds. The summed E-state index contributed by atoms with van der Waals surface area (Å²) in [6.07, 6.45) is 1.02. The van der Waals surface area contributed by atoms with E-state index in [2.05, 4.69) is 20.3 Å². The molecule has 13 heteroatoms. The molecule has 0 aliphatic rings. The Morgan fingerprint density at radius 1 is 1.24 bits per heavy atom.